The molecule has 1 fully saturated rings. The number of likely N-dealkylation sites (N-methyl/N-ethyl adjacent to an activating group) is 1. The topological polar surface area (TPSA) is 66.6 Å². The molecule has 1 heterocycles. The lowest BCUT2D eigenvalue weighted by molar-refractivity contribution is -0.155. The van der Waals surface area contributed by atoms with Crippen molar-refractivity contribution in [3.63, 3.8) is 0 Å². The zero-order valence-corrected chi connectivity index (χ0v) is 11.3. The van der Waals surface area contributed by atoms with Crippen LogP contribution in [-0.2, 0) is 22.3 Å². The molecule has 0 spiro atoms. The van der Waals surface area contributed by atoms with Gasteiger partial charge in [-0.05, 0) is 17.7 Å². The number of hydrogen-bond acceptors (Lipinski definition) is 3. The molecule has 0 bridgehead atoms. The van der Waals surface area contributed by atoms with Crippen LogP contribution in [-0.4, -0.2) is 41.8 Å². The van der Waals surface area contributed by atoms with Crippen molar-refractivity contribution in [2.24, 2.45) is 0 Å². The fourth-order valence-electron chi connectivity index (χ4n) is 2.12. The van der Waals surface area contributed by atoms with Gasteiger partial charge in [0.2, 0.25) is 0 Å². The maximum absolute atomic E-state index is 13.0. The van der Waals surface area contributed by atoms with E-state index < -0.39 is 23.6 Å². The van der Waals surface area contributed by atoms with Gasteiger partial charge in [-0.1, -0.05) is 6.07 Å². The number of nitrogen functional groups attached to an aromatic ring is 1. The quantitative estimate of drug-likeness (QED) is 0.657. The molecule has 2 N–H and O–H groups in total. The first kappa shape index (κ1) is 15.1. The number of benzene rings is 1. The molecule has 1 saturated heterocycles. The molecule has 2 rings (SSSR count). The normalized spacial score (nSPS) is 16.6. The number of carbonyl (C=O) groups is 2. The number of piperazine rings is 1. The van der Waals surface area contributed by atoms with E-state index in [1.54, 1.807) is 0 Å². The second-order valence-electron chi connectivity index (χ2n) is 4.87. The average molecular weight is 301 g/mol. The Kier molecular flexibility index (Phi) is 3.80. The van der Waals surface area contributed by atoms with Crippen LogP contribution in [0.1, 0.15) is 11.1 Å². The summed E-state index contributed by atoms with van der Waals surface area (Å²) in [6.45, 7) is 0.219. The number of anilines is 1. The Morgan fingerprint density at radius 3 is 2.48 bits per heavy atom. The van der Waals surface area contributed by atoms with Gasteiger partial charge < -0.3 is 15.5 Å². The van der Waals surface area contributed by atoms with Gasteiger partial charge in [-0.3, -0.25) is 9.59 Å². The molecule has 5 nitrogen and oxygen atoms in total. The maximum Gasteiger partial charge on any atom is 0.416 e. The molecular weight excluding hydrogens is 287 g/mol. The Balaban J connectivity index is 2.28. The van der Waals surface area contributed by atoms with Gasteiger partial charge >= 0.3 is 18.0 Å². The smallest absolute Gasteiger partial charge is 0.399 e. The molecule has 1 aliphatic rings. The van der Waals surface area contributed by atoms with E-state index >= 15 is 0 Å². The lowest BCUT2D eigenvalue weighted by atomic mass is 10.0. The van der Waals surface area contributed by atoms with Crippen LogP contribution in [0.15, 0.2) is 18.2 Å². The zero-order chi connectivity index (χ0) is 15.8. The minimum Gasteiger partial charge on any atom is -0.399 e. The lowest BCUT2D eigenvalue weighted by Gasteiger charge is -2.32. The molecule has 0 radical (unpaired) electrons. The number of nitrogens with two attached hydrogens (primary N) is 1. The molecule has 0 atom stereocenters. The van der Waals surface area contributed by atoms with E-state index in [2.05, 4.69) is 0 Å². The number of nitrogens with zero attached hydrogens (tertiary/aromatic N) is 2. The number of halogens is 3. The van der Waals surface area contributed by atoms with Crippen molar-refractivity contribution >= 4 is 17.5 Å². The number of hydrogen-bond donors (Lipinski definition) is 1. The predicted octanol–water partition coefficient (Wildman–Crippen LogP) is 1.09. The van der Waals surface area contributed by atoms with Crippen LogP contribution >= 0.6 is 0 Å². The molecular formula is C13H14F3N3O2. The number of amides is 2. The SMILES string of the molecule is CN1CCN(Cc2ccc(N)cc2C(F)(F)F)C(=O)C1=O. The highest BCUT2D eigenvalue weighted by Gasteiger charge is 2.36. The van der Waals surface area contributed by atoms with Gasteiger partial charge in [0.15, 0.2) is 0 Å². The lowest BCUT2D eigenvalue weighted by Crippen LogP contribution is -2.52. The Labute approximate surface area is 119 Å². The summed E-state index contributed by atoms with van der Waals surface area (Å²) in [7, 11) is 1.47. The monoisotopic (exact) mass is 301 g/mol. The van der Waals surface area contributed by atoms with E-state index in [0.717, 1.165) is 11.0 Å². The van der Waals surface area contributed by atoms with E-state index in [0.29, 0.717) is 6.54 Å². The molecule has 2 amide bonds. The highest BCUT2D eigenvalue weighted by atomic mass is 19.4. The van der Waals surface area contributed by atoms with Crippen LogP contribution in [0.3, 0.4) is 0 Å². The second kappa shape index (κ2) is 5.27. The first-order valence-corrected chi connectivity index (χ1v) is 6.20. The number of carbonyl (C=O) groups excluding carboxylic acids is 2. The van der Waals surface area contributed by atoms with E-state index in [4.69, 9.17) is 5.73 Å². The molecule has 114 valence electrons. The molecule has 0 unspecified atom stereocenters. The predicted molar refractivity (Wildman–Crippen MR) is 68.9 cm³/mol. The summed E-state index contributed by atoms with van der Waals surface area (Å²) < 4.78 is 39.0. The van der Waals surface area contributed by atoms with Crippen molar-refractivity contribution in [1.29, 1.82) is 0 Å². The van der Waals surface area contributed by atoms with Crippen LogP contribution in [0.5, 0.6) is 0 Å². The molecule has 1 aromatic rings. The van der Waals surface area contributed by atoms with Crippen molar-refractivity contribution < 1.29 is 22.8 Å². The molecule has 0 aromatic heterocycles. The fraction of sp³-hybridized carbons (Fsp3) is 0.385. The third-order valence-electron chi connectivity index (χ3n) is 3.32. The van der Waals surface area contributed by atoms with Gasteiger partial charge in [0.25, 0.3) is 0 Å². The standard InChI is InChI=1S/C13H14F3N3O2/c1-18-4-5-19(12(21)11(18)20)7-8-2-3-9(17)6-10(8)13(14,15)16/h2-3,6H,4-5,7,17H2,1H3. The van der Waals surface area contributed by atoms with Crippen LogP contribution < -0.4 is 5.73 Å². The van der Waals surface area contributed by atoms with Crippen molar-refractivity contribution in [1.82, 2.24) is 9.80 Å². The van der Waals surface area contributed by atoms with Gasteiger partial charge in [0.05, 0.1) is 5.56 Å². The van der Waals surface area contributed by atoms with Gasteiger partial charge in [0, 0.05) is 32.4 Å². The second-order valence-corrected chi connectivity index (χ2v) is 4.87. The van der Waals surface area contributed by atoms with E-state index in [9.17, 15) is 22.8 Å². The van der Waals surface area contributed by atoms with E-state index in [1.807, 2.05) is 0 Å². The summed E-state index contributed by atoms with van der Waals surface area (Å²) >= 11 is 0. The minimum atomic E-state index is -4.57. The number of alkyl halides is 3. The Morgan fingerprint density at radius 2 is 1.86 bits per heavy atom. The van der Waals surface area contributed by atoms with Crippen molar-refractivity contribution in [3.8, 4) is 0 Å². The van der Waals surface area contributed by atoms with Gasteiger partial charge in [-0.25, -0.2) is 0 Å². The summed E-state index contributed by atoms with van der Waals surface area (Å²) in [5.74, 6) is -1.51. The highest BCUT2D eigenvalue weighted by molar-refractivity contribution is 6.35. The minimum absolute atomic E-state index is 0.00754. The van der Waals surface area contributed by atoms with Crippen molar-refractivity contribution in [2.75, 3.05) is 25.9 Å². The Morgan fingerprint density at radius 1 is 1.19 bits per heavy atom. The average Bonchev–Trinajstić information content (AvgIpc) is 2.40. The van der Waals surface area contributed by atoms with E-state index in [1.165, 1.54) is 24.1 Å². The van der Waals surface area contributed by atoms with Crippen LogP contribution in [0.2, 0.25) is 0 Å². The maximum atomic E-state index is 13.0. The summed E-state index contributed by atoms with van der Waals surface area (Å²) in [5.41, 5.74) is 4.41. The third kappa shape index (κ3) is 3.09. The van der Waals surface area contributed by atoms with E-state index in [-0.39, 0.29) is 24.3 Å². The molecule has 0 aliphatic carbocycles. The van der Waals surface area contributed by atoms with Gasteiger partial charge in [0.1, 0.15) is 0 Å². The molecule has 21 heavy (non-hydrogen) atoms. The van der Waals surface area contributed by atoms with Crippen molar-refractivity contribution in [3.05, 3.63) is 29.3 Å². The van der Waals surface area contributed by atoms with Crippen molar-refractivity contribution in [2.45, 2.75) is 12.7 Å². The first-order valence-electron chi connectivity index (χ1n) is 6.20. The third-order valence-corrected chi connectivity index (χ3v) is 3.32. The number of rotatable bonds is 2. The zero-order valence-electron chi connectivity index (χ0n) is 11.3. The highest BCUT2D eigenvalue weighted by Crippen LogP contribution is 2.34. The largest absolute Gasteiger partial charge is 0.416 e. The summed E-state index contributed by atoms with van der Waals surface area (Å²) in [5, 5.41) is 0. The van der Waals surface area contributed by atoms with Crippen LogP contribution in [0.25, 0.3) is 0 Å². The molecule has 0 saturated carbocycles. The molecule has 1 aromatic carbocycles. The van der Waals surface area contributed by atoms with Crippen LogP contribution in [0.4, 0.5) is 18.9 Å². The Hall–Kier alpha value is -2.25. The van der Waals surface area contributed by atoms with Crippen LogP contribution in [0, 0.1) is 0 Å². The molecule has 8 heteroatoms. The summed E-state index contributed by atoms with van der Waals surface area (Å²) in [6.07, 6.45) is -4.57. The Bertz CT molecular complexity index is 587. The summed E-state index contributed by atoms with van der Waals surface area (Å²) in [4.78, 5) is 25.7. The van der Waals surface area contributed by atoms with Gasteiger partial charge in [-0.2, -0.15) is 13.2 Å². The first-order chi connectivity index (χ1) is 9.70. The summed E-state index contributed by atoms with van der Waals surface area (Å²) in [6, 6.07) is 3.40. The molecule has 1 aliphatic heterocycles. The van der Waals surface area contributed by atoms with Gasteiger partial charge in [-0.15, -0.1) is 0 Å². The fourth-order valence-corrected chi connectivity index (χ4v) is 2.12.